The van der Waals surface area contributed by atoms with Crippen molar-refractivity contribution in [3.63, 3.8) is 0 Å². The smallest absolute Gasteiger partial charge is 0.336 e. The van der Waals surface area contributed by atoms with Crippen molar-refractivity contribution in [3.05, 3.63) is 58.9 Å². The predicted molar refractivity (Wildman–Crippen MR) is 83.9 cm³/mol. The van der Waals surface area contributed by atoms with E-state index in [0.717, 1.165) is 21.7 Å². The fourth-order valence-electron chi connectivity index (χ4n) is 2.82. The first-order valence-electron chi connectivity index (χ1n) is 6.93. The molecule has 5 heteroatoms. The third kappa shape index (κ3) is 2.10. The summed E-state index contributed by atoms with van der Waals surface area (Å²) in [6, 6.07) is 8.85. The number of hydrogen-bond acceptors (Lipinski definition) is 3. The van der Waals surface area contributed by atoms with Crippen LogP contribution in [0.15, 0.2) is 47.3 Å². The van der Waals surface area contributed by atoms with E-state index in [0.29, 0.717) is 10.6 Å². The van der Waals surface area contributed by atoms with Gasteiger partial charge in [-0.05, 0) is 39.8 Å². The van der Waals surface area contributed by atoms with Gasteiger partial charge in [-0.3, -0.25) is 4.79 Å². The van der Waals surface area contributed by atoms with Gasteiger partial charge in [-0.2, -0.15) is 0 Å². The fourth-order valence-corrected chi connectivity index (χ4v) is 2.82. The lowest BCUT2D eigenvalue weighted by molar-refractivity contribution is -0.114. The number of rotatable bonds is 2. The van der Waals surface area contributed by atoms with E-state index >= 15 is 0 Å². The van der Waals surface area contributed by atoms with E-state index in [4.69, 9.17) is 4.42 Å². The Morgan fingerprint density at radius 1 is 1.09 bits per heavy atom. The highest BCUT2D eigenvalue weighted by molar-refractivity contribution is 6.10. The molecular formula is C18H10NO4. The molecule has 1 aromatic heterocycles. The number of carbonyl (C=O) groups excluding carboxylic acids is 1. The zero-order chi connectivity index (χ0) is 16.0. The second-order valence-corrected chi connectivity index (χ2v) is 5.25. The van der Waals surface area contributed by atoms with Gasteiger partial charge in [0.1, 0.15) is 0 Å². The normalized spacial score (nSPS) is 13.0. The number of nitrogens with zero attached hydrogens (tertiary/aromatic N) is 1. The van der Waals surface area contributed by atoms with Crippen LogP contribution in [-0.4, -0.2) is 17.0 Å². The molecule has 0 saturated carbocycles. The maximum absolute atomic E-state index is 11.5. The lowest BCUT2D eigenvalue weighted by Crippen LogP contribution is -2.34. The van der Waals surface area contributed by atoms with Gasteiger partial charge in [0.05, 0.1) is 18.1 Å². The van der Waals surface area contributed by atoms with Gasteiger partial charge in [-0.25, -0.2) is 10.1 Å². The third-order valence-electron chi connectivity index (χ3n) is 3.90. The summed E-state index contributed by atoms with van der Waals surface area (Å²) in [4.78, 5) is 23.0. The van der Waals surface area contributed by atoms with E-state index in [-0.39, 0.29) is 11.5 Å². The number of carboxylic acids is 1. The zero-order valence-corrected chi connectivity index (χ0v) is 11.8. The van der Waals surface area contributed by atoms with Gasteiger partial charge in [0.25, 0.3) is 5.91 Å². The first-order valence-corrected chi connectivity index (χ1v) is 6.93. The minimum absolute atomic E-state index is 0.164. The van der Waals surface area contributed by atoms with E-state index in [9.17, 15) is 14.7 Å². The van der Waals surface area contributed by atoms with E-state index in [1.807, 2.05) is 18.2 Å². The zero-order valence-electron chi connectivity index (χ0n) is 11.8. The van der Waals surface area contributed by atoms with Crippen LogP contribution in [0.2, 0.25) is 0 Å². The first-order chi connectivity index (χ1) is 11.1. The first kappa shape index (κ1) is 13.3. The van der Waals surface area contributed by atoms with Gasteiger partial charge in [0.15, 0.2) is 0 Å². The molecule has 111 valence electrons. The van der Waals surface area contributed by atoms with Gasteiger partial charge in [-0.1, -0.05) is 12.1 Å². The Morgan fingerprint density at radius 2 is 1.96 bits per heavy atom. The maximum Gasteiger partial charge on any atom is 0.336 e. The number of amides is 1. The maximum atomic E-state index is 11.5. The van der Waals surface area contributed by atoms with Crippen LogP contribution in [0.5, 0.6) is 0 Å². The summed E-state index contributed by atoms with van der Waals surface area (Å²) < 4.78 is 5.10. The number of carbonyl (C=O) groups is 2. The molecule has 23 heavy (non-hydrogen) atoms. The van der Waals surface area contributed by atoms with Crippen molar-refractivity contribution in [3.8, 4) is 11.1 Å². The topological polar surface area (TPSA) is 81.6 Å². The highest BCUT2D eigenvalue weighted by atomic mass is 16.4. The van der Waals surface area contributed by atoms with Gasteiger partial charge in [0.2, 0.25) is 0 Å². The van der Waals surface area contributed by atoms with Crippen LogP contribution >= 0.6 is 0 Å². The Balaban J connectivity index is 2.14. The summed E-state index contributed by atoms with van der Waals surface area (Å²) in [5.41, 5.74) is 1.97. The van der Waals surface area contributed by atoms with Crippen molar-refractivity contribution in [2.45, 2.75) is 0 Å². The van der Waals surface area contributed by atoms with E-state index in [2.05, 4.69) is 5.32 Å². The van der Waals surface area contributed by atoms with Crippen LogP contribution in [0.3, 0.4) is 0 Å². The Hall–Kier alpha value is -3.34. The summed E-state index contributed by atoms with van der Waals surface area (Å²) in [6.07, 6.45) is 6.05. The summed E-state index contributed by atoms with van der Waals surface area (Å²) in [7, 11) is 0. The fraction of sp³-hybridized carbons (Fsp3) is 0. The van der Waals surface area contributed by atoms with Crippen molar-refractivity contribution >= 4 is 34.9 Å². The van der Waals surface area contributed by atoms with E-state index in [1.165, 1.54) is 18.3 Å². The Labute approximate surface area is 130 Å². The van der Waals surface area contributed by atoms with Gasteiger partial charge < -0.3 is 9.52 Å². The number of carboxylic acid groups (broad SMARTS) is 1. The number of fused-ring (bicyclic) bond motifs is 3. The second kappa shape index (κ2) is 4.84. The van der Waals surface area contributed by atoms with Crippen LogP contribution in [0.4, 0.5) is 0 Å². The molecule has 0 aliphatic carbocycles. The number of benzene rings is 2. The van der Waals surface area contributed by atoms with E-state index in [1.54, 1.807) is 18.6 Å². The van der Waals surface area contributed by atoms with Crippen molar-refractivity contribution in [2.75, 3.05) is 0 Å². The van der Waals surface area contributed by atoms with Crippen molar-refractivity contribution in [1.82, 2.24) is 5.32 Å². The molecule has 2 heterocycles. The van der Waals surface area contributed by atoms with E-state index < -0.39 is 5.97 Å². The number of aromatic carboxylic acids is 1. The Kier molecular flexibility index (Phi) is 2.81. The van der Waals surface area contributed by atoms with Crippen molar-refractivity contribution in [1.29, 1.82) is 0 Å². The summed E-state index contributed by atoms with van der Waals surface area (Å²) >= 11 is 0. The molecule has 1 aliphatic heterocycles. The van der Waals surface area contributed by atoms with Gasteiger partial charge in [0, 0.05) is 23.1 Å². The van der Waals surface area contributed by atoms with Crippen LogP contribution in [0, 0.1) is 0 Å². The van der Waals surface area contributed by atoms with Crippen LogP contribution in [-0.2, 0) is 4.79 Å². The molecule has 3 aromatic rings. The molecular weight excluding hydrogens is 294 g/mol. The largest absolute Gasteiger partial charge is 0.478 e. The molecule has 0 fully saturated rings. The molecule has 5 nitrogen and oxygen atoms in total. The Bertz CT molecular complexity index is 1080. The molecule has 2 aromatic carbocycles. The third-order valence-corrected chi connectivity index (χ3v) is 3.90. The van der Waals surface area contributed by atoms with Gasteiger partial charge >= 0.3 is 5.97 Å². The molecule has 0 spiro atoms. The molecule has 1 aliphatic rings. The lowest BCUT2D eigenvalue weighted by atomic mass is 9.96. The number of hydrogen-bond donors (Lipinski definition) is 1. The highest BCUT2D eigenvalue weighted by Gasteiger charge is 2.14. The molecule has 1 N–H and O–H groups in total. The summed E-state index contributed by atoms with van der Waals surface area (Å²) in [5, 5.41) is 15.9. The van der Waals surface area contributed by atoms with Crippen LogP contribution < -0.4 is 15.8 Å². The molecule has 1 radical (unpaired) electrons. The van der Waals surface area contributed by atoms with Crippen LogP contribution in [0.1, 0.15) is 10.4 Å². The number of furan rings is 1. The average molecular weight is 304 g/mol. The minimum atomic E-state index is -1.03. The molecule has 0 bridgehead atoms. The monoisotopic (exact) mass is 304 g/mol. The Morgan fingerprint density at radius 3 is 2.70 bits per heavy atom. The molecule has 1 amide bonds. The minimum Gasteiger partial charge on any atom is -0.478 e. The van der Waals surface area contributed by atoms with Gasteiger partial charge in [-0.15, -0.1) is 0 Å². The molecule has 0 saturated heterocycles. The van der Waals surface area contributed by atoms with Crippen molar-refractivity contribution in [2.24, 2.45) is 0 Å². The highest BCUT2D eigenvalue weighted by Crippen LogP contribution is 2.24. The van der Waals surface area contributed by atoms with Crippen molar-refractivity contribution < 1.29 is 19.1 Å². The quantitative estimate of drug-likeness (QED) is 0.777. The standard InChI is InChI=1S/C18H10NO4/c20-17-7-12-6-15(18(21)22)13-2-1-10(11-3-4-23-9-11)5-14(13)16(12)8-19-17/h1-9H,(H,21,22). The molecule has 4 rings (SSSR count). The average Bonchev–Trinajstić information content (AvgIpc) is 3.07. The SMILES string of the molecule is O=C1C=c2cc(C(=O)O)c3ccc(-c4ccoc4)cc3c2=C[N]1. The summed E-state index contributed by atoms with van der Waals surface area (Å²) in [5.74, 6) is -1.42. The van der Waals surface area contributed by atoms with Crippen LogP contribution in [0.25, 0.3) is 34.2 Å². The summed E-state index contributed by atoms with van der Waals surface area (Å²) in [6.45, 7) is 0. The predicted octanol–water partition coefficient (Wildman–Crippen LogP) is 1.46. The second-order valence-electron chi connectivity index (χ2n) is 5.25. The molecule has 0 unspecified atom stereocenters. The lowest BCUT2D eigenvalue weighted by Gasteiger charge is -2.09. The molecule has 0 atom stereocenters.